The largest absolute Gasteiger partial charge is 0.417 e. The van der Waals surface area contributed by atoms with Crippen molar-refractivity contribution in [3.63, 3.8) is 0 Å². The van der Waals surface area contributed by atoms with E-state index in [9.17, 15) is 13.2 Å². The van der Waals surface area contributed by atoms with Gasteiger partial charge >= 0.3 is 6.18 Å². The fraction of sp³-hybridized carbons (Fsp3) is 0.615. The van der Waals surface area contributed by atoms with Crippen LogP contribution in [0.4, 0.5) is 19.0 Å². The molecule has 0 fully saturated rings. The second-order valence-corrected chi connectivity index (χ2v) is 4.82. The maximum Gasteiger partial charge on any atom is 0.417 e. The summed E-state index contributed by atoms with van der Waals surface area (Å²) in [5.41, 5.74) is -0.875. The lowest BCUT2D eigenvalue weighted by Crippen LogP contribution is -2.37. The summed E-state index contributed by atoms with van der Waals surface area (Å²) in [6, 6.07) is 0.945. The van der Waals surface area contributed by atoms with E-state index in [4.69, 9.17) is 16.7 Å². The zero-order chi connectivity index (χ0) is 15.3. The van der Waals surface area contributed by atoms with Crippen molar-refractivity contribution in [3.8, 4) is 0 Å². The van der Waals surface area contributed by atoms with Crippen molar-refractivity contribution in [3.05, 3.63) is 22.8 Å². The summed E-state index contributed by atoms with van der Waals surface area (Å²) < 4.78 is 37.8. The Morgan fingerprint density at radius 2 is 1.95 bits per heavy atom. The smallest absolute Gasteiger partial charge is 0.395 e. The number of pyridine rings is 1. The quantitative estimate of drug-likeness (QED) is 0.869. The number of anilines is 1. The van der Waals surface area contributed by atoms with Crippen LogP contribution in [0.25, 0.3) is 0 Å². The van der Waals surface area contributed by atoms with E-state index in [1.165, 1.54) is 0 Å². The van der Waals surface area contributed by atoms with Crippen LogP contribution < -0.4 is 4.90 Å². The Labute approximate surface area is 121 Å². The Kier molecular flexibility index (Phi) is 6.07. The molecule has 0 saturated heterocycles. The molecular formula is C13H18ClF3N2O. The molecule has 0 aromatic carbocycles. The Morgan fingerprint density at radius 3 is 2.35 bits per heavy atom. The minimum atomic E-state index is -4.47. The third kappa shape index (κ3) is 3.99. The highest BCUT2D eigenvalue weighted by Crippen LogP contribution is 2.34. The second kappa shape index (κ2) is 7.13. The number of halogens is 4. The van der Waals surface area contributed by atoms with Crippen LogP contribution in [0.2, 0.25) is 5.02 Å². The summed E-state index contributed by atoms with van der Waals surface area (Å²) in [5, 5.41) is 9.06. The molecule has 1 aromatic heterocycles. The Morgan fingerprint density at radius 1 is 1.35 bits per heavy atom. The lowest BCUT2D eigenvalue weighted by molar-refractivity contribution is -0.137. The molecule has 0 aliphatic heterocycles. The third-order valence-electron chi connectivity index (χ3n) is 3.15. The molecule has 0 saturated carbocycles. The number of hydrogen-bond donors (Lipinski definition) is 1. The highest BCUT2D eigenvalue weighted by atomic mass is 35.5. The minimum Gasteiger partial charge on any atom is -0.395 e. The van der Waals surface area contributed by atoms with Gasteiger partial charge in [0.05, 0.1) is 17.2 Å². The highest BCUT2D eigenvalue weighted by molar-refractivity contribution is 6.33. The summed E-state index contributed by atoms with van der Waals surface area (Å²) in [5.74, 6) is 0.280. The molecule has 114 valence electrons. The van der Waals surface area contributed by atoms with Crippen LogP contribution in [0.15, 0.2) is 12.3 Å². The van der Waals surface area contributed by atoms with Gasteiger partial charge in [-0.15, -0.1) is 0 Å². The lowest BCUT2D eigenvalue weighted by atomic mass is 10.1. The summed E-state index contributed by atoms with van der Waals surface area (Å²) in [6.45, 7) is 4.10. The van der Waals surface area contributed by atoms with Crippen LogP contribution in [-0.2, 0) is 6.18 Å². The normalized spacial score (nSPS) is 12.0. The Balaban J connectivity index is 3.15. The molecule has 20 heavy (non-hydrogen) atoms. The molecule has 1 heterocycles. The first-order chi connectivity index (χ1) is 9.35. The minimum absolute atomic E-state index is 0.0554. The van der Waals surface area contributed by atoms with E-state index >= 15 is 0 Å². The summed E-state index contributed by atoms with van der Waals surface area (Å²) in [7, 11) is 0. The van der Waals surface area contributed by atoms with Gasteiger partial charge in [0.25, 0.3) is 0 Å². The predicted molar refractivity (Wildman–Crippen MR) is 73.1 cm³/mol. The van der Waals surface area contributed by atoms with Crippen LogP contribution >= 0.6 is 11.6 Å². The van der Waals surface area contributed by atoms with Gasteiger partial charge in [-0.1, -0.05) is 25.4 Å². The SMILES string of the molecule is CCC(CC)N(CCO)c1ncc(C(F)(F)F)cc1Cl. The zero-order valence-electron chi connectivity index (χ0n) is 11.4. The molecular weight excluding hydrogens is 293 g/mol. The van der Waals surface area contributed by atoms with Crippen molar-refractivity contribution in [2.45, 2.75) is 38.9 Å². The van der Waals surface area contributed by atoms with Gasteiger partial charge in [-0.2, -0.15) is 13.2 Å². The number of aliphatic hydroxyl groups is 1. The first-order valence-corrected chi connectivity index (χ1v) is 6.83. The Hall–Kier alpha value is -1.01. The Bertz CT molecular complexity index is 436. The van der Waals surface area contributed by atoms with E-state index in [1.54, 1.807) is 4.90 Å². The molecule has 0 bridgehead atoms. The number of aromatic nitrogens is 1. The molecule has 1 rings (SSSR count). The molecule has 0 unspecified atom stereocenters. The van der Waals surface area contributed by atoms with E-state index < -0.39 is 11.7 Å². The number of alkyl halides is 3. The zero-order valence-corrected chi connectivity index (χ0v) is 12.2. The first kappa shape index (κ1) is 17.0. The van der Waals surface area contributed by atoms with Crippen LogP contribution in [-0.4, -0.2) is 29.3 Å². The molecule has 0 radical (unpaired) electrons. The maximum absolute atomic E-state index is 12.6. The fourth-order valence-corrected chi connectivity index (χ4v) is 2.37. The van der Waals surface area contributed by atoms with Crippen molar-refractivity contribution >= 4 is 17.4 Å². The summed E-state index contributed by atoms with van der Waals surface area (Å²) >= 11 is 5.94. The van der Waals surface area contributed by atoms with Crippen molar-refractivity contribution in [2.75, 3.05) is 18.1 Å². The molecule has 0 atom stereocenters. The van der Waals surface area contributed by atoms with E-state index in [0.717, 1.165) is 25.1 Å². The molecule has 0 spiro atoms. The number of rotatable bonds is 6. The first-order valence-electron chi connectivity index (χ1n) is 6.45. The van der Waals surface area contributed by atoms with Gasteiger partial charge in [0.1, 0.15) is 5.82 Å². The van der Waals surface area contributed by atoms with E-state index in [2.05, 4.69) is 4.98 Å². The van der Waals surface area contributed by atoms with Crippen molar-refractivity contribution < 1.29 is 18.3 Å². The molecule has 3 nitrogen and oxygen atoms in total. The average molecular weight is 311 g/mol. The van der Waals surface area contributed by atoms with Crippen molar-refractivity contribution in [2.24, 2.45) is 0 Å². The van der Waals surface area contributed by atoms with Crippen molar-refractivity contribution in [1.29, 1.82) is 0 Å². The van der Waals surface area contributed by atoms with Gasteiger partial charge < -0.3 is 10.0 Å². The molecule has 0 aliphatic rings. The fourth-order valence-electron chi connectivity index (χ4n) is 2.10. The third-order valence-corrected chi connectivity index (χ3v) is 3.42. The maximum atomic E-state index is 12.6. The van der Waals surface area contributed by atoms with E-state index in [0.29, 0.717) is 0 Å². The summed E-state index contributed by atoms with van der Waals surface area (Å²) in [4.78, 5) is 5.60. The van der Waals surface area contributed by atoms with E-state index in [-0.39, 0.29) is 30.0 Å². The van der Waals surface area contributed by atoms with Crippen molar-refractivity contribution in [1.82, 2.24) is 4.98 Å². The average Bonchev–Trinajstić information content (AvgIpc) is 2.38. The number of hydrogen-bond acceptors (Lipinski definition) is 3. The monoisotopic (exact) mass is 310 g/mol. The summed E-state index contributed by atoms with van der Waals surface area (Å²) in [6.07, 6.45) is -2.12. The van der Waals surface area contributed by atoms with Crippen LogP contribution in [0.3, 0.4) is 0 Å². The molecule has 7 heteroatoms. The highest BCUT2D eigenvalue weighted by Gasteiger charge is 2.32. The lowest BCUT2D eigenvalue weighted by Gasteiger charge is -2.31. The molecule has 0 amide bonds. The van der Waals surface area contributed by atoms with Gasteiger partial charge in [0.2, 0.25) is 0 Å². The van der Waals surface area contributed by atoms with Crippen LogP contribution in [0.5, 0.6) is 0 Å². The standard InChI is InChI=1S/C13H18ClF3N2O/c1-3-10(4-2)19(5-6-20)12-11(14)7-9(8-18-12)13(15,16)17/h7-8,10,20H,3-6H2,1-2H3. The van der Waals surface area contributed by atoms with Crippen LogP contribution in [0, 0.1) is 0 Å². The second-order valence-electron chi connectivity index (χ2n) is 4.41. The topological polar surface area (TPSA) is 36.4 Å². The van der Waals surface area contributed by atoms with E-state index in [1.807, 2.05) is 13.8 Å². The molecule has 1 aromatic rings. The van der Waals surface area contributed by atoms with Gasteiger partial charge in [0, 0.05) is 18.8 Å². The molecule has 0 aliphatic carbocycles. The number of nitrogens with zero attached hydrogens (tertiary/aromatic N) is 2. The van der Waals surface area contributed by atoms with Gasteiger partial charge in [-0.3, -0.25) is 0 Å². The predicted octanol–water partition coefficient (Wildman–Crippen LogP) is 3.74. The number of aliphatic hydroxyl groups excluding tert-OH is 1. The van der Waals surface area contributed by atoms with Gasteiger partial charge in [0.15, 0.2) is 0 Å². The van der Waals surface area contributed by atoms with Gasteiger partial charge in [-0.05, 0) is 18.9 Å². The van der Waals surface area contributed by atoms with Gasteiger partial charge in [-0.25, -0.2) is 4.98 Å². The van der Waals surface area contributed by atoms with Crippen LogP contribution in [0.1, 0.15) is 32.3 Å². The molecule has 1 N–H and O–H groups in total.